The van der Waals surface area contributed by atoms with Gasteiger partial charge < -0.3 is 4.90 Å². The van der Waals surface area contributed by atoms with Crippen LogP contribution >= 0.6 is 24.0 Å². The molecule has 0 bridgehead atoms. The van der Waals surface area contributed by atoms with E-state index in [1.807, 2.05) is 18.2 Å². The molecule has 0 amide bonds. The van der Waals surface area contributed by atoms with Gasteiger partial charge in [0.25, 0.3) is 0 Å². The average Bonchev–Trinajstić information content (AvgIpc) is 2.69. The SMILES string of the molecule is CCCCCc1cc(CCN2CCN(c3cccc(Cl)n3)CC2)ccc1C.Cl. The topological polar surface area (TPSA) is 19.4 Å². The van der Waals surface area contributed by atoms with Crippen molar-refractivity contribution in [3.63, 3.8) is 0 Å². The number of anilines is 1. The average molecular weight is 422 g/mol. The quantitative estimate of drug-likeness (QED) is 0.410. The number of rotatable bonds is 8. The Hall–Kier alpha value is -1.29. The van der Waals surface area contributed by atoms with Gasteiger partial charge in [-0.2, -0.15) is 0 Å². The van der Waals surface area contributed by atoms with Crippen molar-refractivity contribution in [2.75, 3.05) is 37.6 Å². The van der Waals surface area contributed by atoms with Gasteiger partial charge in [-0.3, -0.25) is 4.90 Å². The van der Waals surface area contributed by atoms with Gasteiger partial charge in [0.2, 0.25) is 0 Å². The van der Waals surface area contributed by atoms with Crippen molar-refractivity contribution in [1.82, 2.24) is 9.88 Å². The Labute approximate surface area is 181 Å². The molecule has 1 aromatic heterocycles. The standard InChI is InChI=1S/C23H32ClN3.ClH/c1-3-4-5-7-21-18-20(11-10-19(21)2)12-13-26-14-16-27(17-15-26)23-9-6-8-22(24)25-23;/h6,8-11,18H,3-5,7,12-17H2,1-2H3;1H. The van der Waals surface area contributed by atoms with Gasteiger partial charge in [0.15, 0.2) is 0 Å². The van der Waals surface area contributed by atoms with Crippen molar-refractivity contribution in [2.24, 2.45) is 0 Å². The van der Waals surface area contributed by atoms with Gasteiger partial charge in [-0.25, -0.2) is 4.98 Å². The van der Waals surface area contributed by atoms with E-state index >= 15 is 0 Å². The summed E-state index contributed by atoms with van der Waals surface area (Å²) in [7, 11) is 0. The molecule has 3 rings (SSSR count). The van der Waals surface area contributed by atoms with Crippen molar-refractivity contribution in [3.05, 3.63) is 58.2 Å². The molecule has 1 aliphatic rings. The van der Waals surface area contributed by atoms with E-state index in [-0.39, 0.29) is 12.4 Å². The molecule has 28 heavy (non-hydrogen) atoms. The second-order valence-electron chi connectivity index (χ2n) is 7.62. The molecule has 0 saturated carbocycles. The lowest BCUT2D eigenvalue weighted by molar-refractivity contribution is 0.260. The minimum absolute atomic E-state index is 0. The highest BCUT2D eigenvalue weighted by Crippen LogP contribution is 2.18. The molecule has 0 spiro atoms. The molecule has 1 saturated heterocycles. The lowest BCUT2D eigenvalue weighted by atomic mass is 9.98. The van der Waals surface area contributed by atoms with Crippen LogP contribution < -0.4 is 4.90 Å². The van der Waals surface area contributed by atoms with Crippen LogP contribution in [0.5, 0.6) is 0 Å². The van der Waals surface area contributed by atoms with E-state index in [1.165, 1.54) is 42.4 Å². The number of pyridine rings is 1. The van der Waals surface area contributed by atoms with Gasteiger partial charge in [0.1, 0.15) is 11.0 Å². The number of aromatic nitrogens is 1. The zero-order valence-electron chi connectivity index (χ0n) is 17.2. The van der Waals surface area contributed by atoms with Crippen LogP contribution in [0.15, 0.2) is 36.4 Å². The van der Waals surface area contributed by atoms with E-state index in [4.69, 9.17) is 11.6 Å². The zero-order chi connectivity index (χ0) is 19.1. The minimum Gasteiger partial charge on any atom is -0.354 e. The van der Waals surface area contributed by atoms with E-state index in [1.54, 1.807) is 0 Å². The molecule has 0 aliphatic carbocycles. The number of piperazine rings is 1. The van der Waals surface area contributed by atoms with Crippen LogP contribution in [0.25, 0.3) is 0 Å². The largest absolute Gasteiger partial charge is 0.354 e. The van der Waals surface area contributed by atoms with Crippen LogP contribution in [0.3, 0.4) is 0 Å². The van der Waals surface area contributed by atoms with Crippen LogP contribution in [0.2, 0.25) is 5.15 Å². The second-order valence-corrected chi connectivity index (χ2v) is 8.00. The molecule has 0 radical (unpaired) electrons. The molecule has 2 aromatic rings. The Kier molecular flexibility index (Phi) is 9.57. The fourth-order valence-corrected chi connectivity index (χ4v) is 3.94. The Morgan fingerprint density at radius 1 is 1.00 bits per heavy atom. The minimum atomic E-state index is 0. The summed E-state index contributed by atoms with van der Waals surface area (Å²) in [6.07, 6.45) is 6.28. The summed E-state index contributed by atoms with van der Waals surface area (Å²) < 4.78 is 0. The Morgan fingerprint density at radius 3 is 2.50 bits per heavy atom. The van der Waals surface area contributed by atoms with Gasteiger partial charge in [-0.05, 0) is 55.0 Å². The van der Waals surface area contributed by atoms with Gasteiger partial charge in [0.05, 0.1) is 0 Å². The fourth-order valence-electron chi connectivity index (χ4n) is 3.78. The lowest BCUT2D eigenvalue weighted by Crippen LogP contribution is -2.47. The summed E-state index contributed by atoms with van der Waals surface area (Å²) in [6, 6.07) is 12.9. The third kappa shape index (κ3) is 6.65. The molecule has 0 N–H and O–H groups in total. The summed E-state index contributed by atoms with van der Waals surface area (Å²) in [5.41, 5.74) is 4.46. The maximum Gasteiger partial charge on any atom is 0.131 e. The molecule has 0 unspecified atom stereocenters. The molecule has 154 valence electrons. The predicted molar refractivity (Wildman–Crippen MR) is 123 cm³/mol. The maximum atomic E-state index is 6.03. The van der Waals surface area contributed by atoms with Gasteiger partial charge >= 0.3 is 0 Å². The van der Waals surface area contributed by atoms with Crippen LogP contribution in [0.1, 0.15) is 42.9 Å². The molecule has 1 aromatic carbocycles. The maximum absolute atomic E-state index is 6.03. The van der Waals surface area contributed by atoms with Gasteiger partial charge in [-0.15, -0.1) is 12.4 Å². The second kappa shape index (κ2) is 11.6. The van der Waals surface area contributed by atoms with E-state index < -0.39 is 0 Å². The van der Waals surface area contributed by atoms with Crippen molar-refractivity contribution in [2.45, 2.75) is 46.0 Å². The van der Waals surface area contributed by atoms with Crippen molar-refractivity contribution < 1.29 is 0 Å². The van der Waals surface area contributed by atoms with E-state index in [9.17, 15) is 0 Å². The first kappa shape index (κ1) is 23.0. The first-order valence-corrected chi connectivity index (χ1v) is 10.7. The summed E-state index contributed by atoms with van der Waals surface area (Å²) >= 11 is 6.03. The number of aryl methyl sites for hydroxylation is 2. The number of hydrogen-bond acceptors (Lipinski definition) is 3. The summed E-state index contributed by atoms with van der Waals surface area (Å²) in [4.78, 5) is 9.34. The molecule has 0 atom stereocenters. The lowest BCUT2D eigenvalue weighted by Gasteiger charge is -2.35. The number of unbranched alkanes of at least 4 members (excludes halogenated alkanes) is 2. The van der Waals surface area contributed by atoms with E-state index in [0.717, 1.165) is 45.0 Å². The monoisotopic (exact) mass is 421 g/mol. The zero-order valence-corrected chi connectivity index (χ0v) is 18.7. The normalized spacial score (nSPS) is 14.8. The van der Waals surface area contributed by atoms with Crippen molar-refractivity contribution >= 4 is 29.8 Å². The molecule has 3 nitrogen and oxygen atoms in total. The van der Waals surface area contributed by atoms with Crippen molar-refractivity contribution in [1.29, 1.82) is 0 Å². The highest BCUT2D eigenvalue weighted by molar-refractivity contribution is 6.29. The molecular formula is C23H33Cl2N3. The highest BCUT2D eigenvalue weighted by Gasteiger charge is 2.18. The van der Waals surface area contributed by atoms with E-state index in [0.29, 0.717) is 5.15 Å². The molecular weight excluding hydrogens is 389 g/mol. The molecule has 2 heterocycles. The third-order valence-electron chi connectivity index (χ3n) is 5.58. The molecule has 1 aliphatic heterocycles. The Morgan fingerprint density at radius 2 is 1.79 bits per heavy atom. The smallest absolute Gasteiger partial charge is 0.131 e. The first-order chi connectivity index (χ1) is 13.2. The van der Waals surface area contributed by atoms with Crippen LogP contribution in [0.4, 0.5) is 5.82 Å². The number of hydrogen-bond donors (Lipinski definition) is 0. The highest BCUT2D eigenvalue weighted by atomic mass is 35.5. The Bertz CT molecular complexity index is 728. The van der Waals surface area contributed by atoms with E-state index in [2.05, 4.69) is 46.8 Å². The van der Waals surface area contributed by atoms with Gasteiger partial charge in [0, 0.05) is 32.7 Å². The van der Waals surface area contributed by atoms with Gasteiger partial charge in [-0.1, -0.05) is 55.6 Å². The third-order valence-corrected chi connectivity index (χ3v) is 5.79. The summed E-state index contributed by atoms with van der Waals surface area (Å²) in [6.45, 7) is 9.85. The fraction of sp³-hybridized carbons (Fsp3) is 0.522. The summed E-state index contributed by atoms with van der Waals surface area (Å²) in [5.74, 6) is 0.998. The summed E-state index contributed by atoms with van der Waals surface area (Å²) in [5, 5.41) is 0.573. The number of halogens is 2. The number of benzene rings is 1. The number of nitrogens with zero attached hydrogens (tertiary/aromatic N) is 3. The first-order valence-electron chi connectivity index (χ1n) is 10.3. The van der Waals surface area contributed by atoms with Crippen molar-refractivity contribution in [3.8, 4) is 0 Å². The molecule has 5 heteroatoms. The molecule has 1 fully saturated rings. The Balaban J connectivity index is 0.00000280. The van der Waals surface area contributed by atoms with Crippen LogP contribution in [0, 0.1) is 6.92 Å². The van der Waals surface area contributed by atoms with Crippen LogP contribution in [-0.2, 0) is 12.8 Å². The van der Waals surface area contributed by atoms with Crippen LogP contribution in [-0.4, -0.2) is 42.6 Å². The predicted octanol–water partition coefficient (Wildman–Crippen LogP) is 5.56.